The van der Waals surface area contributed by atoms with Crippen molar-refractivity contribution in [2.45, 2.75) is 22.1 Å². The first kappa shape index (κ1) is 36.0. The number of rotatable bonds is 3. The Balaban J connectivity index is 1.03. The summed E-state index contributed by atoms with van der Waals surface area (Å²) in [6.07, 6.45) is 14.0. The molecule has 302 valence electrons. The zero-order valence-corrected chi connectivity index (χ0v) is 36.0. The van der Waals surface area contributed by atoms with E-state index in [-0.39, 0.29) is 0 Å². The maximum Gasteiger partial charge on any atom is 0.0755 e. The van der Waals surface area contributed by atoms with Crippen LogP contribution in [0.25, 0.3) is 38.6 Å². The Labute approximate surface area is 377 Å². The molecule has 3 nitrogen and oxygen atoms in total. The highest BCUT2D eigenvalue weighted by atomic mass is 32.2. The van der Waals surface area contributed by atoms with Gasteiger partial charge in [0, 0.05) is 49.1 Å². The van der Waals surface area contributed by atoms with Gasteiger partial charge in [-0.3, -0.25) is 0 Å². The fraction of sp³-hybridized carbons (Fsp3) is 0.0667. The van der Waals surface area contributed by atoms with Crippen molar-refractivity contribution in [1.82, 2.24) is 4.57 Å². The molecule has 1 aromatic heterocycles. The molecule has 64 heavy (non-hydrogen) atoms. The average molecular weight is 836 g/mol. The lowest BCUT2D eigenvalue weighted by Gasteiger charge is -2.45. The Morgan fingerprint density at radius 2 is 1.20 bits per heavy atom. The van der Waals surface area contributed by atoms with Gasteiger partial charge in [-0.15, -0.1) is 0 Å². The van der Waals surface area contributed by atoms with Crippen molar-refractivity contribution in [3.05, 3.63) is 246 Å². The minimum Gasteiger partial charge on any atom is -0.310 e. The van der Waals surface area contributed by atoms with Crippen molar-refractivity contribution in [1.29, 1.82) is 0 Å². The molecule has 14 rings (SSSR count). The van der Waals surface area contributed by atoms with Gasteiger partial charge < -0.3 is 14.4 Å². The number of nitrogens with zero attached hydrogens (tertiary/aromatic N) is 3. The van der Waals surface area contributed by atoms with Gasteiger partial charge in [0.15, 0.2) is 0 Å². The quantitative estimate of drug-likeness (QED) is 0.176. The monoisotopic (exact) mass is 835 g/mol. The molecule has 0 saturated heterocycles. The van der Waals surface area contributed by atoms with Crippen LogP contribution < -0.4 is 9.80 Å². The molecule has 2 aliphatic heterocycles. The zero-order valence-electron chi connectivity index (χ0n) is 35.2. The second-order valence-corrected chi connectivity index (χ2v) is 18.7. The van der Waals surface area contributed by atoms with E-state index >= 15 is 0 Å². The maximum absolute atomic E-state index is 2.57. The van der Waals surface area contributed by atoms with E-state index in [4.69, 9.17) is 0 Å². The maximum atomic E-state index is 2.57. The van der Waals surface area contributed by atoms with E-state index in [0.717, 1.165) is 11.4 Å². The standard InChI is InChI=1S/C60H41N3S/c1-38-16-15-17-39-36-41(30-32-43(38)39)62-51-25-10-6-20-44(51)46-37-42(31-34-52(46)62)63-55-28-13-14-29-56(55)64-57-35-33-50-58(59(57)63)45-21-5-7-22-47(45)60(50)48-23-8-11-26-53(48)61(40-18-3-2-4-19-40)54-27-12-9-24-49(54)60/h2-38,43H,1H3. The lowest BCUT2D eigenvalue weighted by molar-refractivity contribution is 0.583. The third-order valence-electron chi connectivity index (χ3n) is 14.4. The number of hydrogen-bond acceptors (Lipinski definition) is 3. The molecule has 0 saturated carbocycles. The lowest BCUT2D eigenvalue weighted by atomic mass is 9.64. The summed E-state index contributed by atoms with van der Waals surface area (Å²) in [6, 6.07) is 68.1. The average Bonchev–Trinajstić information content (AvgIpc) is 3.84. The van der Waals surface area contributed by atoms with Crippen LogP contribution in [0.15, 0.2) is 234 Å². The predicted molar refractivity (Wildman–Crippen MR) is 267 cm³/mol. The molecule has 5 aliphatic rings. The number of hydrogen-bond donors (Lipinski definition) is 0. The molecule has 3 aliphatic carbocycles. The van der Waals surface area contributed by atoms with E-state index < -0.39 is 5.41 Å². The first-order valence-electron chi connectivity index (χ1n) is 22.4. The Bertz CT molecular complexity index is 3540. The molecule has 2 unspecified atom stereocenters. The first-order valence-corrected chi connectivity index (χ1v) is 23.2. The zero-order chi connectivity index (χ0) is 42.1. The Kier molecular flexibility index (Phi) is 7.59. The van der Waals surface area contributed by atoms with Crippen LogP contribution in [0.4, 0.5) is 34.1 Å². The van der Waals surface area contributed by atoms with E-state index in [1.165, 1.54) is 99.0 Å². The van der Waals surface area contributed by atoms with Gasteiger partial charge in [0.25, 0.3) is 0 Å². The highest BCUT2D eigenvalue weighted by Gasteiger charge is 2.53. The Hall–Kier alpha value is -7.53. The predicted octanol–water partition coefficient (Wildman–Crippen LogP) is 16.0. The van der Waals surface area contributed by atoms with Crippen molar-refractivity contribution >= 4 is 73.4 Å². The number of aromatic nitrogens is 1. The summed E-state index contributed by atoms with van der Waals surface area (Å²) >= 11 is 1.88. The summed E-state index contributed by atoms with van der Waals surface area (Å²) in [7, 11) is 0. The van der Waals surface area contributed by atoms with Crippen molar-refractivity contribution in [2.24, 2.45) is 11.8 Å². The first-order chi connectivity index (χ1) is 31.7. The van der Waals surface area contributed by atoms with E-state index in [1.807, 2.05) is 11.8 Å². The van der Waals surface area contributed by atoms with Crippen LogP contribution in [-0.2, 0) is 5.41 Å². The van der Waals surface area contributed by atoms with Gasteiger partial charge in [-0.2, -0.15) is 0 Å². The fourth-order valence-electron chi connectivity index (χ4n) is 11.8. The Morgan fingerprint density at radius 1 is 0.516 bits per heavy atom. The van der Waals surface area contributed by atoms with Gasteiger partial charge in [-0.25, -0.2) is 0 Å². The van der Waals surface area contributed by atoms with Crippen molar-refractivity contribution < 1.29 is 0 Å². The van der Waals surface area contributed by atoms with E-state index in [2.05, 4.69) is 240 Å². The third-order valence-corrected chi connectivity index (χ3v) is 15.5. The van der Waals surface area contributed by atoms with Crippen LogP contribution in [-0.4, -0.2) is 4.57 Å². The molecule has 9 aromatic rings. The Morgan fingerprint density at radius 3 is 2.03 bits per heavy atom. The normalized spacial score (nSPS) is 18.1. The molecule has 3 heterocycles. The number of benzene rings is 8. The van der Waals surface area contributed by atoms with Crippen LogP contribution >= 0.6 is 11.8 Å². The minimum absolute atomic E-state index is 0.412. The van der Waals surface area contributed by atoms with Crippen LogP contribution in [0, 0.1) is 11.8 Å². The molecule has 0 N–H and O–H groups in total. The van der Waals surface area contributed by atoms with Gasteiger partial charge in [0.2, 0.25) is 0 Å². The summed E-state index contributed by atoms with van der Waals surface area (Å²) in [5.41, 5.74) is 19.4. The number of allylic oxidation sites excluding steroid dienone is 8. The van der Waals surface area contributed by atoms with Crippen LogP contribution in [0.3, 0.4) is 0 Å². The minimum atomic E-state index is -0.550. The largest absolute Gasteiger partial charge is 0.310 e. The molecule has 8 aromatic carbocycles. The lowest BCUT2D eigenvalue weighted by Crippen LogP contribution is -2.36. The number of fused-ring (bicyclic) bond motifs is 16. The second kappa shape index (κ2) is 13.5. The summed E-state index contributed by atoms with van der Waals surface area (Å²) < 4.78 is 2.47. The molecule has 2 atom stereocenters. The number of anilines is 6. The highest BCUT2D eigenvalue weighted by Crippen LogP contribution is 2.67. The topological polar surface area (TPSA) is 11.4 Å². The molecule has 0 amide bonds. The summed E-state index contributed by atoms with van der Waals surface area (Å²) in [5, 5.41) is 2.50. The summed E-state index contributed by atoms with van der Waals surface area (Å²) in [5.74, 6) is 0.896. The van der Waals surface area contributed by atoms with Crippen LogP contribution in [0.2, 0.25) is 0 Å². The van der Waals surface area contributed by atoms with Crippen LogP contribution in [0.5, 0.6) is 0 Å². The molecule has 1 spiro atoms. The van der Waals surface area contributed by atoms with Gasteiger partial charge in [-0.1, -0.05) is 158 Å². The van der Waals surface area contributed by atoms with Crippen LogP contribution in [0.1, 0.15) is 29.2 Å². The van der Waals surface area contributed by atoms with E-state index in [0.29, 0.717) is 11.8 Å². The van der Waals surface area contributed by atoms with Gasteiger partial charge in [-0.05, 0) is 118 Å². The molecule has 0 radical (unpaired) electrons. The molecule has 0 bridgehead atoms. The van der Waals surface area contributed by atoms with Crippen molar-refractivity contribution in [3.8, 4) is 11.1 Å². The van der Waals surface area contributed by atoms with Crippen molar-refractivity contribution in [3.63, 3.8) is 0 Å². The van der Waals surface area contributed by atoms with Crippen molar-refractivity contribution in [2.75, 3.05) is 9.80 Å². The van der Waals surface area contributed by atoms with Gasteiger partial charge >= 0.3 is 0 Å². The molecular weight excluding hydrogens is 795 g/mol. The van der Waals surface area contributed by atoms with E-state index in [1.54, 1.807) is 0 Å². The van der Waals surface area contributed by atoms with Gasteiger partial charge in [0.1, 0.15) is 0 Å². The molecule has 4 heteroatoms. The molecule has 0 fully saturated rings. The highest BCUT2D eigenvalue weighted by molar-refractivity contribution is 7.99. The van der Waals surface area contributed by atoms with Gasteiger partial charge in [0.05, 0.1) is 39.2 Å². The smallest absolute Gasteiger partial charge is 0.0755 e. The number of para-hydroxylation sites is 5. The SMILES string of the molecule is CC1C=CC=C2C=C(n3c4ccccc4c4cc(N5c6ccccc6Sc6ccc7c(c65)-c5ccccc5C75c6ccccc6N(c6ccccc6)c6ccccc65)ccc43)C=CC21. The molecular formula is C60H41N3S. The summed E-state index contributed by atoms with van der Waals surface area (Å²) in [6.45, 7) is 2.31. The third kappa shape index (κ3) is 4.78. The second-order valence-electron chi connectivity index (χ2n) is 17.7. The fourth-order valence-corrected chi connectivity index (χ4v) is 12.9. The van der Waals surface area contributed by atoms with E-state index in [9.17, 15) is 0 Å². The summed E-state index contributed by atoms with van der Waals surface area (Å²) in [4.78, 5) is 7.54.